The van der Waals surface area contributed by atoms with Crippen molar-refractivity contribution in [3.8, 4) is 44.5 Å². The minimum Gasteiger partial charge on any atom is -0.545 e. The smallest absolute Gasteiger partial charge is 0.545 e. The van der Waals surface area contributed by atoms with Crippen LogP contribution >= 0.6 is 0 Å². The standard InChI is InChI=1S/C48H30N4O8.Ni/c53-45(54)29-9-1-25(2-10-29)41-33-17-19-35(49-33)42(26-3-11-30(12-4-26)46(55)56)37-21-23-39(51-37)44(28-7-15-32(16-8-28)48(59)60)40-24-22-38(52-40)43(36-20-18-34(41)50-36)27-5-13-31(14-6-27)47(57)58;/h1-24,49-50H,(H,53,54)(H,55,56)(H,57,58)(H,59,60);/q;+2/p-2. The van der Waals surface area contributed by atoms with Crippen molar-refractivity contribution in [2.75, 3.05) is 0 Å². The van der Waals surface area contributed by atoms with E-state index in [0.717, 1.165) is 0 Å². The van der Waals surface area contributed by atoms with Gasteiger partial charge in [0.15, 0.2) is 0 Å². The van der Waals surface area contributed by atoms with Crippen LogP contribution in [-0.4, -0.2) is 54.0 Å². The Hall–Kier alpha value is -8.15. The third kappa shape index (κ3) is 7.41. The van der Waals surface area contributed by atoms with Crippen LogP contribution in [0.3, 0.4) is 0 Å². The number of aromatic carboxylic acids is 4. The third-order valence-corrected chi connectivity index (χ3v) is 10.4. The fourth-order valence-corrected chi connectivity index (χ4v) is 7.53. The Kier molecular flexibility index (Phi) is 10.3. The quantitative estimate of drug-likeness (QED) is 0.111. The molecule has 0 aliphatic carbocycles. The van der Waals surface area contributed by atoms with Gasteiger partial charge in [0.05, 0.1) is 45.8 Å². The van der Waals surface area contributed by atoms with Crippen LogP contribution in [0.4, 0.5) is 0 Å². The van der Waals surface area contributed by atoms with Gasteiger partial charge < -0.3 is 40.0 Å². The molecule has 3 aromatic heterocycles. The van der Waals surface area contributed by atoms with Crippen molar-refractivity contribution in [3.63, 3.8) is 0 Å². The monoisotopic (exact) mass is 846 g/mol. The predicted molar refractivity (Wildman–Crippen MR) is 223 cm³/mol. The SMILES string of the molecule is O=C([O-])c1ccc(-c2c3nc(c(-c4ccc(C(=O)[O-])cc4)c4ccc([nH]4)c(-c4ccc(C(=O)O)cc4)c4ccc([nH]4)c(-c4ccc(C(=O)O)cc4)c4nc2C=C4)C=C3)cc1.[Ni+2]. The number of carbonyl (C=O) groups excluding carboxylic acids is 2. The topological polar surface area (TPSA) is 212 Å². The first kappa shape index (κ1) is 39.7. The molecule has 7 aromatic rings. The summed E-state index contributed by atoms with van der Waals surface area (Å²) in [5.41, 5.74) is 10.1. The summed E-state index contributed by atoms with van der Waals surface area (Å²) in [6.07, 6.45) is 7.34. The number of fused-ring (bicyclic) bond motifs is 8. The molecule has 0 amide bonds. The summed E-state index contributed by atoms with van der Waals surface area (Å²) in [7, 11) is 0. The van der Waals surface area contributed by atoms with Gasteiger partial charge in [-0.25, -0.2) is 19.6 Å². The van der Waals surface area contributed by atoms with Crippen LogP contribution in [0.1, 0.15) is 64.2 Å². The molecule has 0 fully saturated rings. The van der Waals surface area contributed by atoms with Gasteiger partial charge in [0.1, 0.15) is 0 Å². The second-order valence-electron chi connectivity index (χ2n) is 14.0. The van der Waals surface area contributed by atoms with Gasteiger partial charge in [0.25, 0.3) is 0 Å². The maximum Gasteiger partial charge on any atom is 2.00 e. The Morgan fingerprint density at radius 3 is 0.951 bits per heavy atom. The van der Waals surface area contributed by atoms with Gasteiger partial charge in [-0.1, -0.05) is 72.8 Å². The molecule has 2 aliphatic heterocycles. The molecule has 2 aliphatic rings. The van der Waals surface area contributed by atoms with E-state index >= 15 is 0 Å². The number of aromatic amines is 2. The zero-order valence-corrected chi connectivity index (χ0v) is 32.4. The number of rotatable bonds is 8. The molecule has 0 spiro atoms. The van der Waals surface area contributed by atoms with E-state index in [9.17, 15) is 39.6 Å². The van der Waals surface area contributed by atoms with Crippen LogP contribution in [0, 0.1) is 0 Å². The average Bonchev–Trinajstić information content (AvgIpc) is 4.10. The van der Waals surface area contributed by atoms with Crippen LogP contribution in [0.15, 0.2) is 121 Å². The molecule has 5 heterocycles. The second kappa shape index (κ2) is 15.9. The van der Waals surface area contributed by atoms with Crippen LogP contribution in [0.2, 0.25) is 0 Å². The number of hydrogen-bond acceptors (Lipinski definition) is 8. The molecule has 61 heavy (non-hydrogen) atoms. The molecule has 8 bridgehead atoms. The first-order chi connectivity index (χ1) is 29.0. The Morgan fingerprint density at radius 1 is 0.377 bits per heavy atom. The van der Waals surface area contributed by atoms with Gasteiger partial charge in [-0.3, -0.25) is 0 Å². The number of carboxylic acids is 4. The third-order valence-electron chi connectivity index (χ3n) is 10.4. The minimum absolute atomic E-state index is 0. The van der Waals surface area contributed by atoms with Crippen LogP contribution in [0.5, 0.6) is 0 Å². The number of hydrogen-bond donors (Lipinski definition) is 4. The summed E-state index contributed by atoms with van der Waals surface area (Å²) in [4.78, 5) is 64.5. The number of carboxylic acid groups (broad SMARTS) is 4. The average molecular weight is 847 g/mol. The summed E-state index contributed by atoms with van der Waals surface area (Å²) >= 11 is 0. The number of H-pyrrole nitrogens is 2. The molecule has 12 nitrogen and oxygen atoms in total. The maximum absolute atomic E-state index is 11.8. The van der Waals surface area contributed by atoms with Crippen molar-refractivity contribution in [1.82, 2.24) is 19.9 Å². The largest absolute Gasteiger partial charge is 2.00 e. The number of nitrogens with zero attached hydrogens (tertiary/aromatic N) is 2. The molecule has 4 aromatic carbocycles. The number of nitrogens with one attached hydrogen (secondary N) is 2. The van der Waals surface area contributed by atoms with E-state index in [4.69, 9.17) is 9.97 Å². The molecular formula is C48H28N4NiO8. The van der Waals surface area contributed by atoms with Gasteiger partial charge in [0.2, 0.25) is 0 Å². The molecule has 0 saturated heterocycles. The second-order valence-corrected chi connectivity index (χ2v) is 14.0. The van der Waals surface area contributed by atoms with Gasteiger partial charge in [0, 0.05) is 44.3 Å². The first-order valence-electron chi connectivity index (χ1n) is 18.5. The Bertz CT molecular complexity index is 3030. The van der Waals surface area contributed by atoms with E-state index in [1.165, 1.54) is 48.5 Å². The van der Waals surface area contributed by atoms with Crippen molar-refractivity contribution in [1.29, 1.82) is 0 Å². The van der Waals surface area contributed by atoms with Crippen LogP contribution in [-0.2, 0) is 16.5 Å². The first-order valence-corrected chi connectivity index (χ1v) is 18.5. The van der Waals surface area contributed by atoms with Crippen molar-refractivity contribution < 1.29 is 56.1 Å². The van der Waals surface area contributed by atoms with E-state index < -0.39 is 23.9 Å². The van der Waals surface area contributed by atoms with Gasteiger partial charge in [-0.2, -0.15) is 0 Å². The van der Waals surface area contributed by atoms with Crippen molar-refractivity contribution in [3.05, 3.63) is 166 Å². The number of benzene rings is 4. The molecule has 9 rings (SSSR count). The molecule has 0 saturated carbocycles. The zero-order chi connectivity index (χ0) is 41.7. The van der Waals surface area contributed by atoms with Gasteiger partial charge in [-0.05, 0) is 106 Å². The molecule has 0 atom stereocenters. The number of carbonyl (C=O) groups is 4. The van der Waals surface area contributed by atoms with Crippen molar-refractivity contribution in [2.45, 2.75) is 0 Å². The van der Waals surface area contributed by atoms with E-state index in [0.29, 0.717) is 89.4 Å². The predicted octanol–water partition coefficient (Wildman–Crippen LogP) is 7.44. The molecule has 4 N–H and O–H groups in total. The van der Waals surface area contributed by atoms with Crippen LogP contribution in [0.25, 0.3) is 90.9 Å². The summed E-state index contributed by atoms with van der Waals surface area (Å²) < 4.78 is 0. The minimum atomic E-state index is -1.32. The normalized spacial score (nSPS) is 11.5. The van der Waals surface area contributed by atoms with Gasteiger partial charge >= 0.3 is 28.4 Å². The molecule has 0 unspecified atom stereocenters. The van der Waals surface area contributed by atoms with Crippen LogP contribution < -0.4 is 10.2 Å². The van der Waals surface area contributed by atoms with Crippen molar-refractivity contribution in [2.24, 2.45) is 0 Å². The Balaban J connectivity index is 0.00000514. The Labute approximate surface area is 355 Å². The fraction of sp³-hybridized carbons (Fsp3) is 0. The van der Waals surface area contributed by atoms with Gasteiger partial charge in [-0.15, -0.1) is 0 Å². The molecular weight excluding hydrogens is 819 g/mol. The van der Waals surface area contributed by atoms with E-state index in [-0.39, 0.29) is 38.7 Å². The summed E-state index contributed by atoms with van der Waals surface area (Å²) in [6, 6.07) is 33.0. The summed E-state index contributed by atoms with van der Waals surface area (Å²) in [6.45, 7) is 0. The maximum atomic E-state index is 11.8. The molecule has 0 radical (unpaired) electrons. The van der Waals surface area contributed by atoms with Crippen molar-refractivity contribution >= 4 is 70.2 Å². The number of aromatic nitrogens is 4. The molecule has 13 heteroatoms. The molecule has 298 valence electrons. The zero-order valence-electron chi connectivity index (χ0n) is 31.4. The fourth-order valence-electron chi connectivity index (χ4n) is 7.53. The summed E-state index contributed by atoms with van der Waals surface area (Å²) in [5, 5.41) is 42.8. The van der Waals surface area contributed by atoms with E-state index in [1.54, 1.807) is 48.5 Å². The Morgan fingerprint density at radius 2 is 0.639 bits per heavy atom. The van der Waals surface area contributed by atoms with E-state index in [1.807, 2.05) is 48.6 Å². The summed E-state index contributed by atoms with van der Waals surface area (Å²) in [5.74, 6) is -4.78. The van der Waals surface area contributed by atoms with E-state index in [2.05, 4.69) is 9.97 Å².